The van der Waals surface area contributed by atoms with Gasteiger partial charge in [-0.1, -0.05) is 12.8 Å². The Kier molecular flexibility index (Phi) is 3.93. The Morgan fingerprint density at radius 3 is 2.53 bits per heavy atom. The van der Waals surface area contributed by atoms with Gasteiger partial charge < -0.3 is 10.2 Å². The molecule has 0 spiro atoms. The topological polar surface area (TPSA) is 15.3 Å². The van der Waals surface area contributed by atoms with Gasteiger partial charge in [-0.3, -0.25) is 0 Å². The Hall–Kier alpha value is -1.18. The van der Waals surface area contributed by atoms with Crippen LogP contribution in [0.1, 0.15) is 31.2 Å². The molecule has 2 heteroatoms. The van der Waals surface area contributed by atoms with Crippen molar-refractivity contribution in [3.63, 3.8) is 0 Å². The normalized spacial score (nSPS) is 16.2. The first-order valence-corrected chi connectivity index (χ1v) is 6.68. The van der Waals surface area contributed by atoms with Gasteiger partial charge in [0, 0.05) is 32.0 Å². The minimum absolute atomic E-state index is 0.892. The van der Waals surface area contributed by atoms with Crippen molar-refractivity contribution < 1.29 is 0 Å². The number of benzene rings is 1. The maximum Gasteiger partial charge on any atom is 0.0371 e. The molecule has 1 aromatic carbocycles. The standard InChI is InChI=1S/C15H24N2/c1-12-10-14(17(2)3)8-9-15(12)16-11-13-6-4-5-7-13/h8-10,13,16H,4-7,11H2,1-3H3. The van der Waals surface area contributed by atoms with Gasteiger partial charge in [-0.25, -0.2) is 0 Å². The fourth-order valence-corrected chi connectivity index (χ4v) is 2.59. The monoisotopic (exact) mass is 232 g/mol. The fourth-order valence-electron chi connectivity index (χ4n) is 2.59. The van der Waals surface area contributed by atoms with Gasteiger partial charge in [0.2, 0.25) is 0 Å². The van der Waals surface area contributed by atoms with Crippen LogP contribution in [-0.4, -0.2) is 20.6 Å². The molecule has 0 atom stereocenters. The maximum absolute atomic E-state index is 3.60. The molecule has 1 aliphatic carbocycles. The molecular formula is C15H24N2. The first-order valence-electron chi connectivity index (χ1n) is 6.68. The van der Waals surface area contributed by atoms with E-state index < -0.39 is 0 Å². The first kappa shape index (κ1) is 12.3. The number of hydrogen-bond acceptors (Lipinski definition) is 2. The average molecular weight is 232 g/mol. The van der Waals surface area contributed by atoms with Crippen LogP contribution in [0.3, 0.4) is 0 Å². The summed E-state index contributed by atoms with van der Waals surface area (Å²) in [7, 11) is 4.17. The summed E-state index contributed by atoms with van der Waals surface area (Å²) >= 11 is 0. The van der Waals surface area contributed by atoms with Gasteiger partial charge in [-0.05, 0) is 49.4 Å². The number of hydrogen-bond donors (Lipinski definition) is 1. The Morgan fingerprint density at radius 1 is 1.24 bits per heavy atom. The Bertz CT molecular complexity index is 365. The van der Waals surface area contributed by atoms with E-state index in [0.29, 0.717) is 0 Å². The van der Waals surface area contributed by atoms with Gasteiger partial charge >= 0.3 is 0 Å². The van der Waals surface area contributed by atoms with Gasteiger partial charge in [-0.15, -0.1) is 0 Å². The molecule has 0 bridgehead atoms. The highest BCUT2D eigenvalue weighted by Crippen LogP contribution is 2.26. The number of aryl methyl sites for hydroxylation is 1. The van der Waals surface area contributed by atoms with Crippen molar-refractivity contribution in [1.82, 2.24) is 0 Å². The van der Waals surface area contributed by atoms with Crippen molar-refractivity contribution in [2.24, 2.45) is 5.92 Å². The predicted molar refractivity (Wildman–Crippen MR) is 76.0 cm³/mol. The fraction of sp³-hybridized carbons (Fsp3) is 0.600. The van der Waals surface area contributed by atoms with Crippen LogP contribution in [0.5, 0.6) is 0 Å². The summed E-state index contributed by atoms with van der Waals surface area (Å²) in [4.78, 5) is 2.15. The SMILES string of the molecule is Cc1cc(N(C)C)ccc1NCC1CCCC1. The summed E-state index contributed by atoms with van der Waals surface area (Å²) in [5, 5.41) is 3.60. The van der Waals surface area contributed by atoms with Crippen molar-refractivity contribution in [1.29, 1.82) is 0 Å². The van der Waals surface area contributed by atoms with Crippen LogP contribution in [-0.2, 0) is 0 Å². The molecule has 0 heterocycles. The summed E-state index contributed by atoms with van der Waals surface area (Å²) in [6.07, 6.45) is 5.65. The highest BCUT2D eigenvalue weighted by Gasteiger charge is 2.14. The largest absolute Gasteiger partial charge is 0.385 e. The van der Waals surface area contributed by atoms with E-state index in [1.807, 2.05) is 0 Å². The highest BCUT2D eigenvalue weighted by atomic mass is 15.1. The lowest BCUT2D eigenvalue weighted by Crippen LogP contribution is -2.13. The lowest BCUT2D eigenvalue weighted by Gasteiger charge is -2.17. The molecule has 0 aromatic heterocycles. The molecule has 1 N–H and O–H groups in total. The molecule has 0 unspecified atom stereocenters. The molecule has 1 aliphatic rings. The third kappa shape index (κ3) is 3.15. The van der Waals surface area contributed by atoms with E-state index in [9.17, 15) is 0 Å². The lowest BCUT2D eigenvalue weighted by molar-refractivity contribution is 0.580. The number of rotatable bonds is 4. The van der Waals surface area contributed by atoms with Crippen molar-refractivity contribution in [2.45, 2.75) is 32.6 Å². The van der Waals surface area contributed by atoms with Crippen LogP contribution >= 0.6 is 0 Å². The zero-order valence-corrected chi connectivity index (χ0v) is 11.3. The van der Waals surface area contributed by atoms with E-state index in [2.05, 4.69) is 49.4 Å². The molecule has 1 saturated carbocycles. The van der Waals surface area contributed by atoms with Crippen LogP contribution in [0.25, 0.3) is 0 Å². The second-order valence-electron chi connectivity index (χ2n) is 5.43. The molecule has 2 nitrogen and oxygen atoms in total. The molecule has 17 heavy (non-hydrogen) atoms. The van der Waals surface area contributed by atoms with Crippen LogP contribution in [0.2, 0.25) is 0 Å². The molecule has 1 aromatic rings. The predicted octanol–water partition coefficient (Wildman–Crippen LogP) is 3.66. The van der Waals surface area contributed by atoms with Crippen LogP contribution < -0.4 is 10.2 Å². The van der Waals surface area contributed by atoms with E-state index in [-0.39, 0.29) is 0 Å². The van der Waals surface area contributed by atoms with Gasteiger partial charge in [0.15, 0.2) is 0 Å². The highest BCUT2D eigenvalue weighted by molar-refractivity contribution is 5.59. The minimum Gasteiger partial charge on any atom is -0.385 e. The second-order valence-corrected chi connectivity index (χ2v) is 5.43. The zero-order valence-electron chi connectivity index (χ0n) is 11.3. The lowest BCUT2D eigenvalue weighted by atomic mass is 10.1. The second kappa shape index (κ2) is 5.44. The van der Waals surface area contributed by atoms with Gasteiger partial charge in [0.05, 0.1) is 0 Å². The zero-order chi connectivity index (χ0) is 12.3. The molecule has 0 radical (unpaired) electrons. The quantitative estimate of drug-likeness (QED) is 0.852. The van der Waals surface area contributed by atoms with Gasteiger partial charge in [-0.2, -0.15) is 0 Å². The summed E-state index contributed by atoms with van der Waals surface area (Å²) < 4.78 is 0. The third-order valence-corrected chi connectivity index (χ3v) is 3.78. The Morgan fingerprint density at radius 2 is 1.94 bits per heavy atom. The Balaban J connectivity index is 1.96. The van der Waals surface area contributed by atoms with Crippen molar-refractivity contribution in [3.05, 3.63) is 23.8 Å². The van der Waals surface area contributed by atoms with Crippen molar-refractivity contribution in [2.75, 3.05) is 30.9 Å². The molecule has 1 fully saturated rings. The third-order valence-electron chi connectivity index (χ3n) is 3.78. The number of anilines is 2. The molecule has 0 saturated heterocycles. The summed E-state index contributed by atoms with van der Waals surface area (Å²) in [6, 6.07) is 6.64. The smallest absolute Gasteiger partial charge is 0.0371 e. The number of nitrogens with zero attached hydrogens (tertiary/aromatic N) is 1. The Labute approximate surface area is 105 Å². The van der Waals surface area contributed by atoms with E-state index in [1.165, 1.54) is 42.6 Å². The molecular weight excluding hydrogens is 208 g/mol. The summed E-state index contributed by atoms with van der Waals surface area (Å²) in [5.41, 5.74) is 3.91. The minimum atomic E-state index is 0.892. The molecule has 2 rings (SSSR count). The van der Waals surface area contributed by atoms with Gasteiger partial charge in [0.25, 0.3) is 0 Å². The van der Waals surface area contributed by atoms with Crippen LogP contribution in [0.15, 0.2) is 18.2 Å². The van der Waals surface area contributed by atoms with E-state index in [0.717, 1.165) is 12.5 Å². The average Bonchev–Trinajstić information content (AvgIpc) is 2.80. The van der Waals surface area contributed by atoms with E-state index >= 15 is 0 Å². The maximum atomic E-state index is 3.60. The molecule has 94 valence electrons. The molecule has 0 amide bonds. The van der Waals surface area contributed by atoms with Crippen LogP contribution in [0.4, 0.5) is 11.4 Å². The number of nitrogens with one attached hydrogen (secondary N) is 1. The van der Waals surface area contributed by atoms with E-state index in [4.69, 9.17) is 0 Å². The summed E-state index contributed by atoms with van der Waals surface area (Å²) in [6.45, 7) is 3.33. The summed E-state index contributed by atoms with van der Waals surface area (Å²) in [5.74, 6) is 0.892. The van der Waals surface area contributed by atoms with Crippen LogP contribution in [0, 0.1) is 12.8 Å². The van der Waals surface area contributed by atoms with Crippen molar-refractivity contribution in [3.8, 4) is 0 Å². The van der Waals surface area contributed by atoms with E-state index in [1.54, 1.807) is 0 Å². The van der Waals surface area contributed by atoms with Crippen molar-refractivity contribution >= 4 is 11.4 Å². The molecule has 0 aliphatic heterocycles. The van der Waals surface area contributed by atoms with Gasteiger partial charge in [0.1, 0.15) is 0 Å². The first-order chi connectivity index (χ1) is 8.16.